The van der Waals surface area contributed by atoms with E-state index in [1.165, 1.54) is 19.2 Å². The number of aryl methyl sites for hydroxylation is 1. The molecule has 0 aliphatic heterocycles. The van der Waals surface area contributed by atoms with Crippen molar-refractivity contribution in [3.05, 3.63) is 57.4 Å². The van der Waals surface area contributed by atoms with Gasteiger partial charge in [0.05, 0.1) is 18.6 Å². The average molecular weight is 275 g/mol. The molecular formula is C13H13N3O4. The molecule has 20 heavy (non-hydrogen) atoms. The van der Waals surface area contributed by atoms with E-state index < -0.39 is 10.9 Å². The molecular weight excluding hydrogens is 262 g/mol. The number of non-ortho nitro benzene ring substituents is 1. The maximum atomic E-state index is 11.4. The van der Waals surface area contributed by atoms with Crippen LogP contribution >= 0.6 is 0 Å². The van der Waals surface area contributed by atoms with Crippen molar-refractivity contribution in [1.29, 1.82) is 0 Å². The van der Waals surface area contributed by atoms with E-state index >= 15 is 0 Å². The summed E-state index contributed by atoms with van der Waals surface area (Å²) in [7, 11) is 1.29. The summed E-state index contributed by atoms with van der Waals surface area (Å²) in [5.41, 5.74) is 1.76. The van der Waals surface area contributed by atoms with Crippen LogP contribution in [0.4, 0.5) is 5.69 Å². The second-order valence-electron chi connectivity index (χ2n) is 4.25. The molecule has 104 valence electrons. The first kappa shape index (κ1) is 13.7. The fourth-order valence-electron chi connectivity index (χ4n) is 1.82. The first-order valence-corrected chi connectivity index (χ1v) is 5.87. The van der Waals surface area contributed by atoms with Crippen molar-refractivity contribution in [2.75, 3.05) is 7.11 Å². The molecule has 0 spiro atoms. The van der Waals surface area contributed by atoms with Gasteiger partial charge < -0.3 is 4.74 Å². The summed E-state index contributed by atoms with van der Waals surface area (Å²) in [6, 6.07) is 7.92. The summed E-state index contributed by atoms with van der Waals surface area (Å²) >= 11 is 0. The number of ether oxygens (including phenoxy) is 1. The molecule has 0 N–H and O–H groups in total. The number of carbonyl (C=O) groups is 1. The maximum absolute atomic E-state index is 11.4. The van der Waals surface area contributed by atoms with Crippen LogP contribution < -0.4 is 0 Å². The van der Waals surface area contributed by atoms with Gasteiger partial charge >= 0.3 is 5.97 Å². The summed E-state index contributed by atoms with van der Waals surface area (Å²) < 4.78 is 6.20. The zero-order valence-corrected chi connectivity index (χ0v) is 11.1. The molecule has 1 aromatic heterocycles. The molecule has 0 saturated heterocycles. The second kappa shape index (κ2) is 5.52. The molecule has 1 heterocycles. The molecule has 2 aromatic rings. The topological polar surface area (TPSA) is 87.3 Å². The Kier molecular flexibility index (Phi) is 3.79. The van der Waals surface area contributed by atoms with Gasteiger partial charge in [0.1, 0.15) is 0 Å². The van der Waals surface area contributed by atoms with Crippen molar-refractivity contribution in [2.24, 2.45) is 0 Å². The molecule has 0 fully saturated rings. The molecule has 0 amide bonds. The number of hydrogen-bond acceptors (Lipinski definition) is 5. The highest BCUT2D eigenvalue weighted by molar-refractivity contribution is 5.87. The fourth-order valence-corrected chi connectivity index (χ4v) is 1.82. The van der Waals surface area contributed by atoms with Gasteiger partial charge in [-0.15, -0.1) is 0 Å². The standard InChI is InChI=1S/C13H13N3O4/c1-9-6-12(13(17)20-2)14-15(9)8-10-4-3-5-11(7-10)16(18)19/h3-7H,8H2,1-2H3. The number of methoxy groups -OCH3 is 1. The van der Waals surface area contributed by atoms with Gasteiger partial charge in [-0.1, -0.05) is 12.1 Å². The second-order valence-corrected chi connectivity index (χ2v) is 4.25. The number of nitro benzene ring substituents is 1. The lowest BCUT2D eigenvalue weighted by atomic mass is 10.2. The number of rotatable bonds is 4. The Balaban J connectivity index is 2.26. The minimum atomic E-state index is -0.508. The van der Waals surface area contributed by atoms with Crippen LogP contribution in [-0.2, 0) is 11.3 Å². The lowest BCUT2D eigenvalue weighted by Gasteiger charge is -2.04. The lowest BCUT2D eigenvalue weighted by Crippen LogP contribution is -2.07. The Labute approximate surface area is 114 Å². The van der Waals surface area contributed by atoms with Gasteiger partial charge in [0.25, 0.3) is 5.69 Å². The van der Waals surface area contributed by atoms with E-state index in [2.05, 4.69) is 9.84 Å². The highest BCUT2D eigenvalue weighted by Crippen LogP contribution is 2.15. The van der Waals surface area contributed by atoms with Crippen LogP contribution in [0.15, 0.2) is 30.3 Å². The number of esters is 1. The van der Waals surface area contributed by atoms with E-state index in [-0.39, 0.29) is 11.4 Å². The predicted molar refractivity (Wildman–Crippen MR) is 70.5 cm³/mol. The third-order valence-corrected chi connectivity index (χ3v) is 2.83. The summed E-state index contributed by atoms with van der Waals surface area (Å²) in [4.78, 5) is 21.7. The van der Waals surface area contributed by atoms with E-state index in [0.717, 1.165) is 11.3 Å². The molecule has 0 unspecified atom stereocenters. The van der Waals surface area contributed by atoms with E-state index in [4.69, 9.17) is 0 Å². The molecule has 0 aliphatic rings. The minimum Gasteiger partial charge on any atom is -0.464 e. The Morgan fingerprint density at radius 3 is 2.85 bits per heavy atom. The third kappa shape index (κ3) is 2.82. The van der Waals surface area contributed by atoms with E-state index in [0.29, 0.717) is 6.54 Å². The number of carbonyl (C=O) groups excluding carboxylic acids is 1. The monoisotopic (exact) mass is 275 g/mol. The SMILES string of the molecule is COC(=O)c1cc(C)n(Cc2cccc([N+](=O)[O-])c2)n1. The zero-order chi connectivity index (χ0) is 14.7. The van der Waals surface area contributed by atoms with E-state index in [9.17, 15) is 14.9 Å². The molecule has 0 saturated carbocycles. The number of aromatic nitrogens is 2. The van der Waals surface area contributed by atoms with Crippen molar-refractivity contribution in [3.8, 4) is 0 Å². The summed E-state index contributed by atoms with van der Waals surface area (Å²) in [6.45, 7) is 2.15. The van der Waals surface area contributed by atoms with E-state index in [1.807, 2.05) is 0 Å². The van der Waals surface area contributed by atoms with Crippen molar-refractivity contribution >= 4 is 11.7 Å². The molecule has 0 bridgehead atoms. The van der Waals surface area contributed by atoms with Crippen molar-refractivity contribution in [3.63, 3.8) is 0 Å². The van der Waals surface area contributed by atoms with Crippen LogP contribution in [0.25, 0.3) is 0 Å². The van der Waals surface area contributed by atoms with Crippen molar-refractivity contribution in [1.82, 2.24) is 9.78 Å². The summed E-state index contributed by atoms with van der Waals surface area (Å²) in [5, 5.41) is 14.8. The fraction of sp³-hybridized carbons (Fsp3) is 0.231. The summed E-state index contributed by atoms with van der Waals surface area (Å²) in [5.74, 6) is -0.508. The number of nitro groups is 1. The van der Waals surface area contributed by atoms with Crippen LogP contribution in [0.5, 0.6) is 0 Å². The van der Waals surface area contributed by atoms with Gasteiger partial charge in [-0.2, -0.15) is 5.10 Å². The average Bonchev–Trinajstić information content (AvgIpc) is 2.79. The zero-order valence-electron chi connectivity index (χ0n) is 11.1. The van der Waals surface area contributed by atoms with Gasteiger partial charge in [0.15, 0.2) is 5.69 Å². The molecule has 0 aliphatic carbocycles. The maximum Gasteiger partial charge on any atom is 0.358 e. The Morgan fingerprint density at radius 1 is 1.45 bits per heavy atom. The highest BCUT2D eigenvalue weighted by atomic mass is 16.6. The quantitative estimate of drug-likeness (QED) is 0.483. The van der Waals surface area contributed by atoms with Crippen LogP contribution in [-0.4, -0.2) is 27.8 Å². The molecule has 2 rings (SSSR count). The Morgan fingerprint density at radius 2 is 2.20 bits per heavy atom. The molecule has 0 radical (unpaired) electrons. The molecule has 0 atom stereocenters. The highest BCUT2D eigenvalue weighted by Gasteiger charge is 2.13. The van der Waals surface area contributed by atoms with Gasteiger partial charge in [0, 0.05) is 17.8 Å². The van der Waals surface area contributed by atoms with Crippen LogP contribution in [0, 0.1) is 17.0 Å². The van der Waals surface area contributed by atoms with Crippen LogP contribution in [0.3, 0.4) is 0 Å². The number of hydrogen-bond donors (Lipinski definition) is 0. The number of benzene rings is 1. The molecule has 1 aromatic carbocycles. The van der Waals surface area contributed by atoms with Crippen LogP contribution in [0.2, 0.25) is 0 Å². The van der Waals surface area contributed by atoms with Crippen LogP contribution in [0.1, 0.15) is 21.7 Å². The normalized spacial score (nSPS) is 10.3. The Bertz CT molecular complexity index is 663. The van der Waals surface area contributed by atoms with E-state index in [1.54, 1.807) is 29.8 Å². The molecule has 7 nitrogen and oxygen atoms in total. The number of nitrogens with zero attached hydrogens (tertiary/aromatic N) is 3. The third-order valence-electron chi connectivity index (χ3n) is 2.83. The van der Waals surface area contributed by atoms with Gasteiger partial charge in [-0.25, -0.2) is 4.79 Å². The van der Waals surface area contributed by atoms with Crippen molar-refractivity contribution in [2.45, 2.75) is 13.5 Å². The van der Waals surface area contributed by atoms with Crippen molar-refractivity contribution < 1.29 is 14.5 Å². The first-order chi connectivity index (χ1) is 9.51. The molecule has 7 heteroatoms. The van der Waals surface area contributed by atoms with Gasteiger partial charge in [0.2, 0.25) is 0 Å². The lowest BCUT2D eigenvalue weighted by molar-refractivity contribution is -0.384. The smallest absolute Gasteiger partial charge is 0.358 e. The largest absolute Gasteiger partial charge is 0.464 e. The Hall–Kier alpha value is -2.70. The first-order valence-electron chi connectivity index (χ1n) is 5.87. The van der Waals surface area contributed by atoms with Gasteiger partial charge in [-0.05, 0) is 18.6 Å². The minimum absolute atomic E-state index is 0.0282. The predicted octanol–water partition coefficient (Wildman–Crippen LogP) is 1.93. The van der Waals surface area contributed by atoms with Gasteiger partial charge in [-0.3, -0.25) is 14.8 Å². The summed E-state index contributed by atoms with van der Waals surface area (Å²) in [6.07, 6.45) is 0.